The summed E-state index contributed by atoms with van der Waals surface area (Å²) in [6.45, 7) is 0. The second-order valence-corrected chi connectivity index (χ2v) is 9.44. The Bertz CT molecular complexity index is 948. The zero-order valence-electron chi connectivity index (χ0n) is 16.6. The number of anilines is 1. The molecular weight excluding hydrogens is 404 g/mol. The molecule has 0 heterocycles. The first-order chi connectivity index (χ1) is 14.4. The molecule has 2 N–H and O–H groups in total. The Morgan fingerprint density at radius 1 is 0.967 bits per heavy atom. The molecule has 1 saturated carbocycles. The van der Waals surface area contributed by atoms with Crippen molar-refractivity contribution in [3.8, 4) is 0 Å². The number of hydrogen-bond donors (Lipinski definition) is 2. The van der Waals surface area contributed by atoms with E-state index in [-0.39, 0.29) is 35.1 Å². The van der Waals surface area contributed by atoms with Gasteiger partial charge in [0, 0.05) is 24.6 Å². The van der Waals surface area contributed by atoms with Gasteiger partial charge in [-0.2, -0.15) is 0 Å². The van der Waals surface area contributed by atoms with Crippen LogP contribution in [0, 0.1) is 0 Å². The SMILES string of the molecule is O=C(CCS(=O)(=O)c1ccccc1)N[C@@H]1CCC[C@@H](OC(=O)Nc2ccccc2)C1. The molecule has 2 aromatic rings. The fourth-order valence-electron chi connectivity index (χ4n) is 3.48. The van der Waals surface area contributed by atoms with Crippen LogP contribution < -0.4 is 10.6 Å². The molecule has 2 amide bonds. The molecule has 30 heavy (non-hydrogen) atoms. The lowest BCUT2D eigenvalue weighted by atomic mass is 9.93. The van der Waals surface area contributed by atoms with E-state index in [1.54, 1.807) is 30.3 Å². The molecule has 1 aliphatic rings. The fraction of sp³-hybridized carbons (Fsp3) is 0.364. The summed E-state index contributed by atoms with van der Waals surface area (Å²) in [7, 11) is -3.49. The van der Waals surface area contributed by atoms with E-state index < -0.39 is 15.9 Å². The van der Waals surface area contributed by atoms with Crippen LogP contribution in [0.5, 0.6) is 0 Å². The minimum Gasteiger partial charge on any atom is -0.446 e. The van der Waals surface area contributed by atoms with Crippen LogP contribution in [0.15, 0.2) is 65.6 Å². The molecule has 0 aliphatic heterocycles. The molecule has 160 valence electrons. The van der Waals surface area contributed by atoms with Crippen LogP contribution in [0.1, 0.15) is 32.1 Å². The van der Waals surface area contributed by atoms with Gasteiger partial charge in [0.1, 0.15) is 6.10 Å². The third kappa shape index (κ3) is 6.59. The first-order valence-corrected chi connectivity index (χ1v) is 11.7. The molecule has 7 nitrogen and oxygen atoms in total. The van der Waals surface area contributed by atoms with Gasteiger partial charge in [-0.25, -0.2) is 13.2 Å². The number of benzene rings is 2. The van der Waals surface area contributed by atoms with E-state index in [1.807, 2.05) is 18.2 Å². The van der Waals surface area contributed by atoms with Crippen molar-refractivity contribution in [1.29, 1.82) is 0 Å². The average Bonchev–Trinajstić information content (AvgIpc) is 2.74. The van der Waals surface area contributed by atoms with Gasteiger partial charge in [-0.3, -0.25) is 10.1 Å². The summed E-state index contributed by atoms with van der Waals surface area (Å²) >= 11 is 0. The lowest BCUT2D eigenvalue weighted by Crippen LogP contribution is -2.41. The van der Waals surface area contributed by atoms with Crippen LogP contribution >= 0.6 is 0 Å². The molecule has 1 aliphatic carbocycles. The molecule has 0 aromatic heterocycles. The molecule has 0 unspecified atom stereocenters. The van der Waals surface area contributed by atoms with Crippen molar-refractivity contribution in [2.24, 2.45) is 0 Å². The minimum atomic E-state index is -3.49. The zero-order chi connectivity index (χ0) is 21.4. The van der Waals surface area contributed by atoms with Gasteiger partial charge in [0.05, 0.1) is 10.6 Å². The van der Waals surface area contributed by atoms with Crippen LogP contribution in [-0.2, 0) is 19.4 Å². The molecule has 8 heteroatoms. The normalized spacial score (nSPS) is 18.9. The summed E-state index contributed by atoms with van der Waals surface area (Å²) in [4.78, 5) is 24.5. The third-order valence-electron chi connectivity index (χ3n) is 4.99. The Kier molecular flexibility index (Phi) is 7.46. The number of nitrogens with one attached hydrogen (secondary N) is 2. The quantitative estimate of drug-likeness (QED) is 0.700. The highest BCUT2D eigenvalue weighted by Gasteiger charge is 2.26. The number of carbonyl (C=O) groups is 2. The minimum absolute atomic E-state index is 0.103. The Morgan fingerprint density at radius 2 is 1.63 bits per heavy atom. The van der Waals surface area contributed by atoms with E-state index in [1.165, 1.54) is 12.1 Å². The summed E-state index contributed by atoms with van der Waals surface area (Å²) in [5.41, 5.74) is 0.655. The Labute approximate surface area is 176 Å². The maximum absolute atomic E-state index is 12.3. The number of hydrogen-bond acceptors (Lipinski definition) is 5. The number of sulfone groups is 1. The van der Waals surface area contributed by atoms with Crippen molar-refractivity contribution >= 4 is 27.5 Å². The van der Waals surface area contributed by atoms with E-state index in [9.17, 15) is 18.0 Å². The first-order valence-electron chi connectivity index (χ1n) is 10.0. The Hall–Kier alpha value is -2.87. The summed E-state index contributed by atoms with van der Waals surface area (Å²) in [5, 5.41) is 5.56. The van der Waals surface area contributed by atoms with Gasteiger partial charge in [0.25, 0.3) is 0 Å². The van der Waals surface area contributed by atoms with Crippen LogP contribution in [0.25, 0.3) is 0 Å². The molecule has 0 radical (unpaired) electrons. The lowest BCUT2D eigenvalue weighted by Gasteiger charge is -2.29. The van der Waals surface area contributed by atoms with Gasteiger partial charge in [0.2, 0.25) is 5.91 Å². The smallest absolute Gasteiger partial charge is 0.411 e. The van der Waals surface area contributed by atoms with Gasteiger partial charge >= 0.3 is 6.09 Å². The highest BCUT2D eigenvalue weighted by molar-refractivity contribution is 7.91. The predicted molar refractivity (Wildman–Crippen MR) is 114 cm³/mol. The second-order valence-electron chi connectivity index (χ2n) is 7.33. The van der Waals surface area contributed by atoms with Crippen LogP contribution in [0.3, 0.4) is 0 Å². The van der Waals surface area contributed by atoms with Crippen LogP contribution in [0.2, 0.25) is 0 Å². The summed E-state index contributed by atoms with van der Waals surface area (Å²) < 4.78 is 30.1. The lowest BCUT2D eigenvalue weighted by molar-refractivity contribution is -0.121. The molecule has 3 rings (SSSR count). The van der Waals surface area contributed by atoms with E-state index >= 15 is 0 Å². The van der Waals surface area contributed by atoms with E-state index in [4.69, 9.17) is 4.74 Å². The second kappa shape index (κ2) is 10.2. The molecular formula is C22H26N2O5S. The predicted octanol–water partition coefficient (Wildman–Crippen LogP) is 3.53. The van der Waals surface area contributed by atoms with Gasteiger partial charge in [0.15, 0.2) is 9.84 Å². The Balaban J connectivity index is 1.44. The van der Waals surface area contributed by atoms with Crippen molar-refractivity contribution in [2.75, 3.05) is 11.1 Å². The molecule has 0 saturated heterocycles. The summed E-state index contributed by atoms with van der Waals surface area (Å²) in [5.74, 6) is -0.552. The zero-order valence-corrected chi connectivity index (χ0v) is 17.4. The van der Waals surface area contributed by atoms with E-state index in [0.29, 0.717) is 12.1 Å². The average molecular weight is 431 g/mol. The van der Waals surface area contributed by atoms with Crippen molar-refractivity contribution in [2.45, 2.75) is 49.1 Å². The molecule has 1 fully saturated rings. The van der Waals surface area contributed by atoms with Gasteiger partial charge in [-0.1, -0.05) is 36.4 Å². The Morgan fingerprint density at radius 3 is 2.33 bits per heavy atom. The van der Waals surface area contributed by atoms with Gasteiger partial charge < -0.3 is 10.1 Å². The van der Waals surface area contributed by atoms with Crippen molar-refractivity contribution in [1.82, 2.24) is 5.32 Å². The van der Waals surface area contributed by atoms with Crippen LogP contribution in [-0.4, -0.2) is 38.3 Å². The standard InChI is InChI=1S/C22H26N2O5S/c25-21(14-15-30(27,28)20-12-5-2-6-13-20)23-18-10-7-11-19(16-18)29-22(26)24-17-8-3-1-4-9-17/h1-6,8-9,12-13,18-19H,7,10-11,14-16H2,(H,23,25)(H,24,26)/t18-,19-/m1/s1. The summed E-state index contributed by atoms with van der Waals surface area (Å²) in [6.07, 6.45) is 1.92. The summed E-state index contributed by atoms with van der Waals surface area (Å²) in [6, 6.07) is 17.0. The van der Waals surface area contributed by atoms with Crippen molar-refractivity contribution in [3.63, 3.8) is 0 Å². The van der Waals surface area contributed by atoms with Gasteiger partial charge in [-0.05, 0) is 43.5 Å². The maximum atomic E-state index is 12.3. The third-order valence-corrected chi connectivity index (χ3v) is 6.72. The molecule has 0 bridgehead atoms. The number of ether oxygens (including phenoxy) is 1. The monoisotopic (exact) mass is 430 g/mol. The maximum Gasteiger partial charge on any atom is 0.411 e. The number of para-hydroxylation sites is 1. The largest absolute Gasteiger partial charge is 0.446 e. The highest BCUT2D eigenvalue weighted by atomic mass is 32.2. The van der Waals surface area contributed by atoms with Gasteiger partial charge in [-0.15, -0.1) is 0 Å². The first kappa shape index (κ1) is 21.8. The topological polar surface area (TPSA) is 102 Å². The molecule has 0 spiro atoms. The van der Waals surface area contributed by atoms with E-state index in [2.05, 4.69) is 10.6 Å². The number of amides is 2. The number of rotatable bonds is 7. The van der Waals surface area contributed by atoms with Crippen LogP contribution in [0.4, 0.5) is 10.5 Å². The fourth-order valence-corrected chi connectivity index (χ4v) is 4.74. The van der Waals surface area contributed by atoms with Crippen molar-refractivity contribution < 1.29 is 22.7 Å². The number of carbonyl (C=O) groups excluding carboxylic acids is 2. The molecule has 2 atom stereocenters. The van der Waals surface area contributed by atoms with Crippen molar-refractivity contribution in [3.05, 3.63) is 60.7 Å². The van der Waals surface area contributed by atoms with E-state index in [0.717, 1.165) is 19.3 Å². The molecule has 2 aromatic carbocycles. The highest BCUT2D eigenvalue weighted by Crippen LogP contribution is 2.22.